The van der Waals surface area contributed by atoms with Gasteiger partial charge >= 0.3 is 6.03 Å². The van der Waals surface area contributed by atoms with Crippen LogP contribution < -0.4 is 21.3 Å². The van der Waals surface area contributed by atoms with Crippen molar-refractivity contribution in [2.45, 2.75) is 32.7 Å². The van der Waals surface area contributed by atoms with Gasteiger partial charge in [-0.05, 0) is 57.8 Å². The maximum atomic E-state index is 12.4. The summed E-state index contributed by atoms with van der Waals surface area (Å²) in [4.78, 5) is 24.2. The number of anilines is 1. The molecule has 6 nitrogen and oxygen atoms in total. The van der Waals surface area contributed by atoms with Crippen molar-refractivity contribution >= 4 is 17.6 Å². The first-order valence-electron chi connectivity index (χ1n) is 8.21. The van der Waals surface area contributed by atoms with Gasteiger partial charge in [0.15, 0.2) is 0 Å². The average Bonchev–Trinajstić information content (AvgIpc) is 2.53. The second-order valence-corrected chi connectivity index (χ2v) is 6.22. The number of urea groups is 1. The molecule has 1 aromatic carbocycles. The smallest absolute Gasteiger partial charge is 0.319 e. The molecule has 1 heterocycles. The summed E-state index contributed by atoms with van der Waals surface area (Å²) < 4.78 is 0. The summed E-state index contributed by atoms with van der Waals surface area (Å²) in [6.45, 7) is 6.42. The number of rotatable bonds is 5. The Labute approximate surface area is 137 Å². The Balaban J connectivity index is 1.95. The largest absolute Gasteiger partial charge is 0.352 e. The zero-order valence-electron chi connectivity index (χ0n) is 13.8. The van der Waals surface area contributed by atoms with E-state index < -0.39 is 0 Å². The van der Waals surface area contributed by atoms with Crippen molar-refractivity contribution in [2.24, 2.45) is 5.92 Å². The van der Waals surface area contributed by atoms with Crippen LogP contribution in [-0.4, -0.2) is 37.6 Å². The van der Waals surface area contributed by atoms with Crippen molar-refractivity contribution < 1.29 is 9.59 Å². The number of benzene rings is 1. The average molecular weight is 318 g/mol. The van der Waals surface area contributed by atoms with Gasteiger partial charge < -0.3 is 21.3 Å². The van der Waals surface area contributed by atoms with Crippen LogP contribution in [0, 0.1) is 5.92 Å². The third-order valence-electron chi connectivity index (χ3n) is 3.79. The molecule has 1 atom stereocenters. The molecule has 0 aliphatic carbocycles. The molecule has 1 fully saturated rings. The van der Waals surface area contributed by atoms with Crippen LogP contribution in [0.5, 0.6) is 0 Å². The van der Waals surface area contributed by atoms with E-state index >= 15 is 0 Å². The van der Waals surface area contributed by atoms with Gasteiger partial charge in [-0.25, -0.2) is 4.79 Å². The third-order valence-corrected chi connectivity index (χ3v) is 3.79. The lowest BCUT2D eigenvalue weighted by Gasteiger charge is -2.23. The molecule has 1 aliphatic rings. The molecule has 0 spiro atoms. The number of hydrogen-bond acceptors (Lipinski definition) is 3. The molecule has 23 heavy (non-hydrogen) atoms. The Morgan fingerprint density at radius 1 is 1.30 bits per heavy atom. The number of piperidine rings is 1. The zero-order chi connectivity index (χ0) is 16.7. The molecule has 0 aromatic heterocycles. The topological polar surface area (TPSA) is 82.3 Å². The van der Waals surface area contributed by atoms with E-state index in [4.69, 9.17) is 0 Å². The third kappa shape index (κ3) is 5.56. The van der Waals surface area contributed by atoms with Crippen molar-refractivity contribution in [3.05, 3.63) is 29.8 Å². The fourth-order valence-corrected chi connectivity index (χ4v) is 2.64. The summed E-state index contributed by atoms with van der Waals surface area (Å²) >= 11 is 0. The van der Waals surface area contributed by atoms with Gasteiger partial charge in [0.1, 0.15) is 0 Å². The highest BCUT2D eigenvalue weighted by molar-refractivity contribution is 6.03. The van der Waals surface area contributed by atoms with Crippen LogP contribution in [-0.2, 0) is 0 Å². The Hall–Kier alpha value is -2.08. The standard InChI is InChI=1S/C17H26N4O2/c1-12(2)20-17(23)21-15-8-4-3-7-14(15)16(22)19-11-13-6-5-9-18-10-13/h3-4,7-8,12-13,18H,5-6,9-11H2,1-2H3,(H,19,22)(H2,20,21,23). The molecule has 6 heteroatoms. The molecular weight excluding hydrogens is 292 g/mol. The molecule has 1 aliphatic heterocycles. The molecule has 0 saturated carbocycles. The summed E-state index contributed by atoms with van der Waals surface area (Å²) in [5.41, 5.74) is 1.00. The maximum absolute atomic E-state index is 12.4. The van der Waals surface area contributed by atoms with Crippen LogP contribution in [0.1, 0.15) is 37.0 Å². The van der Waals surface area contributed by atoms with Crippen LogP contribution in [0.25, 0.3) is 0 Å². The fraction of sp³-hybridized carbons (Fsp3) is 0.529. The highest BCUT2D eigenvalue weighted by Gasteiger charge is 2.17. The monoisotopic (exact) mass is 318 g/mol. The number of para-hydroxylation sites is 1. The predicted molar refractivity (Wildman–Crippen MR) is 91.7 cm³/mol. The van der Waals surface area contributed by atoms with Crippen LogP contribution in [0.3, 0.4) is 0 Å². The first-order valence-corrected chi connectivity index (χ1v) is 8.21. The quantitative estimate of drug-likeness (QED) is 0.670. The first kappa shape index (κ1) is 17.3. The molecule has 4 N–H and O–H groups in total. The predicted octanol–water partition coefficient (Wildman–Crippen LogP) is 1.95. The number of hydrogen-bond donors (Lipinski definition) is 4. The van der Waals surface area contributed by atoms with Crippen LogP contribution in [0.4, 0.5) is 10.5 Å². The van der Waals surface area contributed by atoms with Crippen molar-refractivity contribution in [2.75, 3.05) is 25.0 Å². The van der Waals surface area contributed by atoms with Gasteiger partial charge in [-0.1, -0.05) is 12.1 Å². The number of nitrogens with one attached hydrogen (secondary N) is 4. The van der Waals surface area contributed by atoms with Crippen molar-refractivity contribution in [1.29, 1.82) is 0 Å². The lowest BCUT2D eigenvalue weighted by atomic mass is 9.99. The molecule has 3 amide bonds. The normalized spacial score (nSPS) is 17.6. The summed E-state index contributed by atoms with van der Waals surface area (Å²) in [5.74, 6) is 0.313. The van der Waals surface area contributed by atoms with Crippen molar-refractivity contribution in [3.63, 3.8) is 0 Å². The van der Waals surface area contributed by atoms with E-state index in [0.29, 0.717) is 23.7 Å². The molecule has 0 radical (unpaired) electrons. The Bertz CT molecular complexity index is 539. The van der Waals surface area contributed by atoms with E-state index in [-0.39, 0.29) is 18.0 Å². The van der Waals surface area contributed by atoms with Crippen LogP contribution >= 0.6 is 0 Å². The van der Waals surface area contributed by atoms with E-state index in [0.717, 1.165) is 25.9 Å². The minimum Gasteiger partial charge on any atom is -0.352 e. The SMILES string of the molecule is CC(C)NC(=O)Nc1ccccc1C(=O)NCC1CCCNC1. The van der Waals surface area contributed by atoms with E-state index in [1.54, 1.807) is 24.3 Å². The lowest BCUT2D eigenvalue weighted by Crippen LogP contribution is -2.38. The highest BCUT2D eigenvalue weighted by atomic mass is 16.2. The highest BCUT2D eigenvalue weighted by Crippen LogP contribution is 2.15. The molecule has 1 saturated heterocycles. The van der Waals surface area contributed by atoms with E-state index in [1.165, 1.54) is 0 Å². The number of amides is 3. The molecule has 1 unspecified atom stereocenters. The second-order valence-electron chi connectivity index (χ2n) is 6.22. The molecule has 126 valence electrons. The minimum absolute atomic E-state index is 0.0368. The molecule has 2 rings (SSSR count). The summed E-state index contributed by atoms with van der Waals surface area (Å²) in [5, 5.41) is 11.8. The van der Waals surface area contributed by atoms with E-state index in [9.17, 15) is 9.59 Å². The lowest BCUT2D eigenvalue weighted by molar-refractivity contribution is 0.0945. The van der Waals surface area contributed by atoms with Gasteiger partial charge in [-0.3, -0.25) is 4.79 Å². The molecule has 1 aromatic rings. The number of carbonyl (C=O) groups excluding carboxylic acids is 2. The van der Waals surface area contributed by atoms with Gasteiger partial charge in [0.2, 0.25) is 0 Å². The fourth-order valence-electron chi connectivity index (χ4n) is 2.64. The first-order chi connectivity index (χ1) is 11.1. The summed E-state index contributed by atoms with van der Waals surface area (Å²) in [7, 11) is 0. The van der Waals surface area contributed by atoms with Gasteiger partial charge in [0.05, 0.1) is 11.3 Å². The summed E-state index contributed by atoms with van der Waals surface area (Å²) in [6.07, 6.45) is 2.28. The van der Waals surface area contributed by atoms with Gasteiger partial charge in [-0.2, -0.15) is 0 Å². The van der Waals surface area contributed by atoms with Gasteiger partial charge in [0.25, 0.3) is 5.91 Å². The van der Waals surface area contributed by atoms with Crippen LogP contribution in [0.15, 0.2) is 24.3 Å². The van der Waals surface area contributed by atoms with E-state index in [2.05, 4.69) is 21.3 Å². The molecule has 0 bridgehead atoms. The minimum atomic E-state index is -0.309. The summed E-state index contributed by atoms with van der Waals surface area (Å²) in [6, 6.07) is 6.78. The number of carbonyl (C=O) groups is 2. The van der Waals surface area contributed by atoms with Crippen LogP contribution in [0.2, 0.25) is 0 Å². The molecular formula is C17H26N4O2. The maximum Gasteiger partial charge on any atom is 0.319 e. The zero-order valence-corrected chi connectivity index (χ0v) is 13.8. The van der Waals surface area contributed by atoms with Gasteiger partial charge in [0, 0.05) is 12.6 Å². The van der Waals surface area contributed by atoms with E-state index in [1.807, 2.05) is 13.8 Å². The Morgan fingerprint density at radius 3 is 2.78 bits per heavy atom. The van der Waals surface area contributed by atoms with Crippen molar-refractivity contribution in [3.8, 4) is 0 Å². The Kier molecular flexibility index (Phi) is 6.40. The van der Waals surface area contributed by atoms with Crippen molar-refractivity contribution in [1.82, 2.24) is 16.0 Å². The van der Waals surface area contributed by atoms with Gasteiger partial charge in [-0.15, -0.1) is 0 Å². The Morgan fingerprint density at radius 2 is 2.09 bits per heavy atom. The second kappa shape index (κ2) is 8.53.